The highest BCUT2D eigenvalue weighted by Crippen LogP contribution is 2.32. The van der Waals surface area contributed by atoms with Gasteiger partial charge in [0.25, 0.3) is 5.91 Å². The van der Waals surface area contributed by atoms with Gasteiger partial charge in [0.2, 0.25) is 0 Å². The average molecular weight is 466 g/mol. The standard InChI is InChI=1S/C23H25F3N2O5/c1-31-19-12-17(18(22(30)33-3)13-20(19)32-2)21(29)28-9-7-27(8-10-28)14-15-5-4-6-16(11-15)23(24,25)26/h4-6,11-13H,7-10,14H2,1-3H3. The Morgan fingerprint density at radius 1 is 0.909 bits per heavy atom. The van der Waals surface area contributed by atoms with Crippen LogP contribution >= 0.6 is 0 Å². The Morgan fingerprint density at radius 3 is 2.06 bits per heavy atom. The third-order valence-electron chi connectivity index (χ3n) is 5.48. The normalized spacial score (nSPS) is 14.7. The third-order valence-corrected chi connectivity index (χ3v) is 5.48. The van der Waals surface area contributed by atoms with Crippen molar-refractivity contribution in [3.8, 4) is 11.5 Å². The molecule has 1 saturated heterocycles. The molecule has 2 aromatic carbocycles. The molecule has 0 unspecified atom stereocenters. The molecule has 1 heterocycles. The fourth-order valence-electron chi connectivity index (χ4n) is 3.72. The summed E-state index contributed by atoms with van der Waals surface area (Å²) in [5.41, 5.74) is 0.0625. The van der Waals surface area contributed by atoms with Crippen LogP contribution in [-0.2, 0) is 17.5 Å². The first-order valence-electron chi connectivity index (χ1n) is 10.2. The van der Waals surface area contributed by atoms with Gasteiger partial charge in [0, 0.05) is 32.7 Å². The zero-order valence-electron chi connectivity index (χ0n) is 18.6. The summed E-state index contributed by atoms with van der Waals surface area (Å²) in [5.74, 6) is -0.449. The summed E-state index contributed by atoms with van der Waals surface area (Å²) in [6, 6.07) is 8.08. The predicted molar refractivity (Wildman–Crippen MR) is 114 cm³/mol. The molecule has 0 spiro atoms. The number of benzene rings is 2. The van der Waals surface area contributed by atoms with Crippen LogP contribution in [0.3, 0.4) is 0 Å². The number of rotatable bonds is 6. The van der Waals surface area contributed by atoms with E-state index in [-0.39, 0.29) is 17.0 Å². The number of methoxy groups -OCH3 is 3. The van der Waals surface area contributed by atoms with E-state index in [1.807, 2.05) is 4.90 Å². The molecule has 0 bridgehead atoms. The maximum Gasteiger partial charge on any atom is 0.416 e. The number of piperazine rings is 1. The van der Waals surface area contributed by atoms with Crippen LogP contribution in [0.25, 0.3) is 0 Å². The number of carbonyl (C=O) groups excluding carboxylic acids is 2. The molecule has 1 aliphatic rings. The Morgan fingerprint density at radius 2 is 1.52 bits per heavy atom. The molecule has 0 N–H and O–H groups in total. The van der Waals surface area contributed by atoms with Crippen molar-refractivity contribution < 1.29 is 37.0 Å². The van der Waals surface area contributed by atoms with Crippen molar-refractivity contribution in [2.45, 2.75) is 12.7 Å². The predicted octanol–water partition coefficient (Wildman–Crippen LogP) is 3.47. The van der Waals surface area contributed by atoms with Crippen LogP contribution in [0.4, 0.5) is 13.2 Å². The van der Waals surface area contributed by atoms with Crippen LogP contribution in [0.2, 0.25) is 0 Å². The lowest BCUT2D eigenvalue weighted by atomic mass is 10.0. The second kappa shape index (κ2) is 10.1. The molecule has 0 aromatic heterocycles. The number of halogens is 3. The van der Waals surface area contributed by atoms with Gasteiger partial charge in [0.05, 0.1) is 38.0 Å². The average Bonchev–Trinajstić information content (AvgIpc) is 2.82. The largest absolute Gasteiger partial charge is 0.493 e. The number of carbonyl (C=O) groups is 2. The smallest absolute Gasteiger partial charge is 0.416 e. The lowest BCUT2D eigenvalue weighted by Gasteiger charge is -2.35. The Labute approximate surface area is 189 Å². The summed E-state index contributed by atoms with van der Waals surface area (Å²) in [4.78, 5) is 29.0. The van der Waals surface area contributed by atoms with Gasteiger partial charge in [-0.3, -0.25) is 9.69 Å². The van der Waals surface area contributed by atoms with E-state index in [0.717, 1.165) is 12.1 Å². The lowest BCUT2D eigenvalue weighted by Crippen LogP contribution is -2.48. The molecule has 10 heteroatoms. The highest BCUT2D eigenvalue weighted by Gasteiger charge is 2.31. The van der Waals surface area contributed by atoms with Crippen LogP contribution in [0.5, 0.6) is 11.5 Å². The summed E-state index contributed by atoms with van der Waals surface area (Å²) in [6.07, 6.45) is -4.39. The number of nitrogens with zero attached hydrogens (tertiary/aromatic N) is 2. The van der Waals surface area contributed by atoms with Crippen LogP contribution in [0.1, 0.15) is 31.8 Å². The van der Waals surface area contributed by atoms with Crippen molar-refractivity contribution in [2.24, 2.45) is 0 Å². The van der Waals surface area contributed by atoms with E-state index in [9.17, 15) is 22.8 Å². The van der Waals surface area contributed by atoms with E-state index in [2.05, 4.69) is 0 Å². The van der Waals surface area contributed by atoms with Gasteiger partial charge in [-0.1, -0.05) is 18.2 Å². The van der Waals surface area contributed by atoms with Gasteiger partial charge in [0.1, 0.15) is 0 Å². The first kappa shape index (κ1) is 24.4. The van der Waals surface area contributed by atoms with Gasteiger partial charge < -0.3 is 19.1 Å². The highest BCUT2D eigenvalue weighted by atomic mass is 19.4. The van der Waals surface area contributed by atoms with Gasteiger partial charge in [-0.05, 0) is 23.8 Å². The maximum absolute atomic E-state index is 13.2. The Bertz CT molecular complexity index is 1020. The van der Waals surface area contributed by atoms with Crippen LogP contribution in [-0.4, -0.2) is 69.2 Å². The second-order valence-electron chi connectivity index (χ2n) is 7.51. The molecule has 1 aliphatic heterocycles. The number of hydrogen-bond donors (Lipinski definition) is 0. The van der Waals surface area contributed by atoms with Crippen LogP contribution < -0.4 is 9.47 Å². The van der Waals surface area contributed by atoms with E-state index in [4.69, 9.17) is 14.2 Å². The number of ether oxygens (including phenoxy) is 3. The minimum atomic E-state index is -4.39. The van der Waals surface area contributed by atoms with Gasteiger partial charge in [-0.2, -0.15) is 13.2 Å². The van der Waals surface area contributed by atoms with Gasteiger partial charge >= 0.3 is 12.1 Å². The first-order chi connectivity index (χ1) is 15.7. The van der Waals surface area contributed by atoms with E-state index in [1.165, 1.54) is 39.5 Å². The van der Waals surface area contributed by atoms with E-state index in [0.29, 0.717) is 49.8 Å². The Balaban J connectivity index is 1.72. The van der Waals surface area contributed by atoms with Crippen molar-refractivity contribution >= 4 is 11.9 Å². The molecule has 0 aliphatic carbocycles. The Hall–Kier alpha value is -3.27. The molecule has 2 aromatic rings. The minimum absolute atomic E-state index is 0.0616. The summed E-state index contributed by atoms with van der Waals surface area (Å²) in [5, 5.41) is 0. The lowest BCUT2D eigenvalue weighted by molar-refractivity contribution is -0.137. The molecule has 0 saturated carbocycles. The van der Waals surface area contributed by atoms with Crippen molar-refractivity contribution in [2.75, 3.05) is 47.5 Å². The molecule has 1 fully saturated rings. The van der Waals surface area contributed by atoms with E-state index < -0.39 is 17.7 Å². The third kappa shape index (κ3) is 5.57. The molecule has 33 heavy (non-hydrogen) atoms. The summed E-state index contributed by atoms with van der Waals surface area (Å²) < 4.78 is 54.2. The molecular formula is C23H25F3N2O5. The van der Waals surface area contributed by atoms with Crippen molar-refractivity contribution in [1.82, 2.24) is 9.80 Å². The van der Waals surface area contributed by atoms with Crippen molar-refractivity contribution in [3.05, 3.63) is 58.7 Å². The molecule has 0 radical (unpaired) electrons. The minimum Gasteiger partial charge on any atom is -0.493 e. The SMILES string of the molecule is COC(=O)c1cc(OC)c(OC)cc1C(=O)N1CCN(Cc2cccc(C(F)(F)F)c2)CC1. The number of hydrogen-bond acceptors (Lipinski definition) is 6. The molecular weight excluding hydrogens is 441 g/mol. The first-order valence-corrected chi connectivity index (χ1v) is 10.2. The molecule has 3 rings (SSSR count). The molecule has 0 atom stereocenters. The van der Waals surface area contributed by atoms with Crippen LogP contribution in [0.15, 0.2) is 36.4 Å². The molecule has 1 amide bonds. The topological polar surface area (TPSA) is 68.3 Å². The van der Waals surface area contributed by atoms with E-state index >= 15 is 0 Å². The zero-order valence-corrected chi connectivity index (χ0v) is 18.6. The van der Waals surface area contributed by atoms with E-state index in [1.54, 1.807) is 11.0 Å². The summed E-state index contributed by atoms with van der Waals surface area (Å²) in [7, 11) is 4.07. The fourth-order valence-corrected chi connectivity index (χ4v) is 3.72. The van der Waals surface area contributed by atoms with Gasteiger partial charge in [0.15, 0.2) is 11.5 Å². The van der Waals surface area contributed by atoms with Gasteiger partial charge in [-0.25, -0.2) is 4.79 Å². The highest BCUT2D eigenvalue weighted by molar-refractivity contribution is 6.06. The molecule has 178 valence electrons. The number of amides is 1. The zero-order chi connectivity index (χ0) is 24.2. The Kier molecular flexibility index (Phi) is 7.47. The molecule has 7 nitrogen and oxygen atoms in total. The summed E-state index contributed by atoms with van der Waals surface area (Å²) in [6.45, 7) is 2.00. The maximum atomic E-state index is 13.2. The second-order valence-corrected chi connectivity index (χ2v) is 7.51. The van der Waals surface area contributed by atoms with Gasteiger partial charge in [-0.15, -0.1) is 0 Å². The monoisotopic (exact) mass is 466 g/mol. The number of esters is 1. The fraction of sp³-hybridized carbons (Fsp3) is 0.391. The van der Waals surface area contributed by atoms with Crippen molar-refractivity contribution in [1.29, 1.82) is 0 Å². The number of alkyl halides is 3. The van der Waals surface area contributed by atoms with Crippen molar-refractivity contribution in [3.63, 3.8) is 0 Å². The quantitative estimate of drug-likeness (QED) is 0.608. The summed E-state index contributed by atoms with van der Waals surface area (Å²) >= 11 is 0. The van der Waals surface area contributed by atoms with Crippen LogP contribution in [0, 0.1) is 0 Å².